The number of carbonyl (C=O) groups is 1. The molecule has 0 aliphatic heterocycles. The number of hydrogen-bond donors (Lipinski definition) is 1. The van der Waals surface area contributed by atoms with Gasteiger partial charge in [-0.1, -0.05) is 0 Å². The lowest BCUT2D eigenvalue weighted by molar-refractivity contribution is 0.0593. The topological polar surface area (TPSA) is 95.2 Å². The number of hydrogen-bond acceptors (Lipinski definition) is 5. The van der Waals surface area contributed by atoms with Gasteiger partial charge in [-0.2, -0.15) is 5.26 Å². The lowest BCUT2D eigenvalue weighted by Gasteiger charge is -2.10. The first-order valence-electron chi connectivity index (χ1n) is 8.10. The Kier molecular flexibility index (Phi) is 4.69. The first kappa shape index (κ1) is 17.6. The van der Waals surface area contributed by atoms with Gasteiger partial charge in [0.25, 0.3) is 0 Å². The summed E-state index contributed by atoms with van der Waals surface area (Å²) in [6, 6.07) is 9.91. The average Bonchev–Trinajstić information content (AvgIpc) is 3.14. The number of nitrogen functional groups attached to an aromatic ring is 1. The highest BCUT2D eigenvalue weighted by Crippen LogP contribution is 2.28. The molecule has 0 saturated heterocycles. The van der Waals surface area contributed by atoms with E-state index in [2.05, 4.69) is 10.6 Å². The number of aryl methyl sites for hydroxylation is 1. The van der Waals surface area contributed by atoms with Crippen molar-refractivity contribution in [2.24, 2.45) is 0 Å². The standard InChI is InChI=1S/C19H20N4O3/c1-12-8-13-9-15(4-5-16(13)22(12)6-7-25-2)23-11-14(10-20)17(21)18(23)19(24)26-3/h4-5,8-9,11H,6-7,21H2,1-3H3. The maximum atomic E-state index is 12.1. The number of aromatic nitrogens is 2. The molecule has 0 saturated carbocycles. The summed E-state index contributed by atoms with van der Waals surface area (Å²) in [6.07, 6.45) is 1.55. The van der Waals surface area contributed by atoms with Gasteiger partial charge in [-0.3, -0.25) is 0 Å². The molecule has 7 nitrogen and oxygen atoms in total. The van der Waals surface area contributed by atoms with Crippen LogP contribution in [-0.2, 0) is 16.0 Å². The highest BCUT2D eigenvalue weighted by atomic mass is 16.5. The van der Waals surface area contributed by atoms with E-state index in [0.717, 1.165) is 28.8 Å². The van der Waals surface area contributed by atoms with E-state index in [0.29, 0.717) is 6.61 Å². The van der Waals surface area contributed by atoms with Gasteiger partial charge in [-0.05, 0) is 31.2 Å². The van der Waals surface area contributed by atoms with Crippen molar-refractivity contribution in [3.8, 4) is 11.8 Å². The van der Waals surface area contributed by atoms with Crippen molar-refractivity contribution in [1.82, 2.24) is 9.13 Å². The first-order chi connectivity index (χ1) is 12.5. The third-order valence-corrected chi connectivity index (χ3v) is 4.43. The minimum absolute atomic E-state index is 0.119. The van der Waals surface area contributed by atoms with E-state index in [-0.39, 0.29) is 16.9 Å². The molecule has 7 heteroatoms. The zero-order valence-corrected chi connectivity index (χ0v) is 14.9. The maximum Gasteiger partial charge on any atom is 0.357 e. The molecule has 0 bridgehead atoms. The van der Waals surface area contributed by atoms with Gasteiger partial charge in [0.2, 0.25) is 0 Å². The Hall–Kier alpha value is -3.24. The Labute approximate surface area is 151 Å². The summed E-state index contributed by atoms with van der Waals surface area (Å²) in [5.74, 6) is -0.585. The Balaban J connectivity index is 2.15. The molecular formula is C19H20N4O3. The summed E-state index contributed by atoms with van der Waals surface area (Å²) in [5, 5.41) is 10.3. The minimum atomic E-state index is -0.585. The van der Waals surface area contributed by atoms with Crippen LogP contribution in [0.4, 0.5) is 5.69 Å². The molecule has 0 unspecified atom stereocenters. The molecule has 0 aliphatic carbocycles. The molecule has 2 aromatic heterocycles. The van der Waals surface area contributed by atoms with Crippen LogP contribution in [0, 0.1) is 18.3 Å². The van der Waals surface area contributed by atoms with Crippen LogP contribution in [0.3, 0.4) is 0 Å². The van der Waals surface area contributed by atoms with Crippen molar-refractivity contribution in [1.29, 1.82) is 5.26 Å². The number of anilines is 1. The molecular weight excluding hydrogens is 332 g/mol. The normalized spacial score (nSPS) is 10.8. The van der Waals surface area contributed by atoms with Crippen LogP contribution in [-0.4, -0.2) is 35.9 Å². The molecule has 2 heterocycles. The van der Waals surface area contributed by atoms with E-state index >= 15 is 0 Å². The molecule has 0 fully saturated rings. The van der Waals surface area contributed by atoms with Gasteiger partial charge in [0.15, 0.2) is 5.69 Å². The number of methoxy groups -OCH3 is 2. The Bertz CT molecular complexity index is 1020. The summed E-state index contributed by atoms with van der Waals surface area (Å²) in [7, 11) is 2.96. The Morgan fingerprint density at radius 2 is 2.08 bits per heavy atom. The number of fused-ring (bicyclic) bond motifs is 1. The zero-order valence-electron chi connectivity index (χ0n) is 14.9. The maximum absolute atomic E-state index is 12.1. The lowest BCUT2D eigenvalue weighted by atomic mass is 10.2. The van der Waals surface area contributed by atoms with Crippen molar-refractivity contribution < 1.29 is 14.3 Å². The first-order valence-corrected chi connectivity index (χ1v) is 8.10. The van der Waals surface area contributed by atoms with Gasteiger partial charge < -0.3 is 24.3 Å². The van der Waals surface area contributed by atoms with Gasteiger partial charge in [0.1, 0.15) is 6.07 Å². The molecule has 3 aromatic rings. The Morgan fingerprint density at radius 3 is 2.73 bits per heavy atom. The largest absolute Gasteiger partial charge is 0.464 e. The smallest absolute Gasteiger partial charge is 0.357 e. The third kappa shape index (κ3) is 2.80. The number of ether oxygens (including phenoxy) is 2. The number of nitrogens with zero attached hydrogens (tertiary/aromatic N) is 3. The fourth-order valence-electron chi connectivity index (χ4n) is 3.14. The van der Waals surface area contributed by atoms with Crippen molar-refractivity contribution in [2.45, 2.75) is 13.5 Å². The van der Waals surface area contributed by atoms with E-state index in [9.17, 15) is 10.1 Å². The van der Waals surface area contributed by atoms with Crippen LogP contribution in [0.2, 0.25) is 0 Å². The number of rotatable bonds is 5. The third-order valence-electron chi connectivity index (χ3n) is 4.43. The zero-order chi connectivity index (χ0) is 18.8. The minimum Gasteiger partial charge on any atom is -0.464 e. The monoisotopic (exact) mass is 352 g/mol. The second-order valence-corrected chi connectivity index (χ2v) is 5.95. The molecule has 134 valence electrons. The lowest BCUT2D eigenvalue weighted by Crippen LogP contribution is -2.11. The number of carbonyl (C=O) groups excluding carboxylic acids is 1. The summed E-state index contributed by atoms with van der Waals surface area (Å²) >= 11 is 0. The number of benzene rings is 1. The van der Waals surface area contributed by atoms with Gasteiger partial charge in [-0.25, -0.2) is 4.79 Å². The predicted octanol–water partition coefficient (Wildman–Crippen LogP) is 2.63. The van der Waals surface area contributed by atoms with E-state index in [1.807, 2.05) is 31.2 Å². The number of nitriles is 1. The molecule has 0 atom stereocenters. The van der Waals surface area contributed by atoms with Crippen molar-refractivity contribution >= 4 is 22.6 Å². The van der Waals surface area contributed by atoms with Gasteiger partial charge in [0, 0.05) is 42.1 Å². The molecule has 0 amide bonds. The molecule has 0 radical (unpaired) electrons. The summed E-state index contributed by atoms with van der Waals surface area (Å²) in [5.41, 5.74) is 9.39. The molecule has 0 aliphatic rings. The van der Waals surface area contributed by atoms with Gasteiger partial charge in [-0.15, -0.1) is 0 Å². The van der Waals surface area contributed by atoms with E-state index in [1.54, 1.807) is 17.9 Å². The number of nitrogens with two attached hydrogens (primary N) is 1. The van der Waals surface area contributed by atoms with Crippen molar-refractivity contribution in [3.05, 3.63) is 47.4 Å². The molecule has 1 aromatic carbocycles. The second kappa shape index (κ2) is 6.94. The van der Waals surface area contributed by atoms with Crippen molar-refractivity contribution in [3.63, 3.8) is 0 Å². The summed E-state index contributed by atoms with van der Waals surface area (Å²) in [6.45, 7) is 3.42. The van der Waals surface area contributed by atoms with E-state index < -0.39 is 5.97 Å². The Morgan fingerprint density at radius 1 is 1.31 bits per heavy atom. The van der Waals surface area contributed by atoms with Gasteiger partial charge >= 0.3 is 5.97 Å². The summed E-state index contributed by atoms with van der Waals surface area (Å²) < 4.78 is 13.8. The molecule has 0 spiro atoms. The molecule has 2 N–H and O–H groups in total. The fourth-order valence-corrected chi connectivity index (χ4v) is 3.14. The van der Waals surface area contributed by atoms with E-state index in [1.165, 1.54) is 7.11 Å². The van der Waals surface area contributed by atoms with Crippen molar-refractivity contribution in [2.75, 3.05) is 26.6 Å². The average molecular weight is 352 g/mol. The van der Waals surface area contributed by atoms with Crippen LogP contribution in [0.5, 0.6) is 0 Å². The predicted molar refractivity (Wildman–Crippen MR) is 98.3 cm³/mol. The summed E-state index contributed by atoms with van der Waals surface area (Å²) in [4.78, 5) is 12.1. The highest BCUT2D eigenvalue weighted by molar-refractivity contribution is 5.96. The van der Waals surface area contributed by atoms with Crippen LogP contribution in [0.1, 0.15) is 21.7 Å². The van der Waals surface area contributed by atoms with Crippen LogP contribution >= 0.6 is 0 Å². The number of esters is 1. The molecule has 26 heavy (non-hydrogen) atoms. The highest BCUT2D eigenvalue weighted by Gasteiger charge is 2.22. The second-order valence-electron chi connectivity index (χ2n) is 5.95. The van der Waals surface area contributed by atoms with Crippen LogP contribution in [0.25, 0.3) is 16.6 Å². The van der Waals surface area contributed by atoms with E-state index in [4.69, 9.17) is 15.2 Å². The molecule has 3 rings (SSSR count). The fraction of sp³-hybridized carbons (Fsp3) is 0.263. The van der Waals surface area contributed by atoms with Crippen LogP contribution < -0.4 is 5.73 Å². The van der Waals surface area contributed by atoms with Gasteiger partial charge in [0.05, 0.1) is 25.0 Å². The quantitative estimate of drug-likeness (QED) is 0.712. The SMILES string of the molecule is COCCn1c(C)cc2cc(-n3cc(C#N)c(N)c3C(=O)OC)ccc21. The van der Waals surface area contributed by atoms with Crippen LogP contribution in [0.15, 0.2) is 30.5 Å².